The Balaban J connectivity index is 1.80. The average Bonchev–Trinajstić information content (AvgIpc) is 2.54. The molecule has 0 spiro atoms. The van der Waals surface area contributed by atoms with Gasteiger partial charge >= 0.3 is 5.97 Å². The summed E-state index contributed by atoms with van der Waals surface area (Å²) in [6.07, 6.45) is 0. The van der Waals surface area contributed by atoms with Gasteiger partial charge in [0.15, 0.2) is 10.3 Å². The van der Waals surface area contributed by atoms with E-state index in [0.717, 1.165) is 5.56 Å². The second-order valence-electron chi connectivity index (χ2n) is 4.57. The van der Waals surface area contributed by atoms with E-state index in [0.29, 0.717) is 16.6 Å². The molecule has 0 aliphatic rings. The molecule has 2 aromatic carbocycles. The quantitative estimate of drug-likeness (QED) is 0.671. The molecule has 0 unspecified atom stereocenters. The van der Waals surface area contributed by atoms with Gasteiger partial charge in [-0.3, -0.25) is 0 Å². The van der Waals surface area contributed by atoms with Crippen LogP contribution in [0.25, 0.3) is 11.0 Å². The molecule has 0 saturated carbocycles. The van der Waals surface area contributed by atoms with Gasteiger partial charge in [0.25, 0.3) is 0 Å². The fourth-order valence-corrected chi connectivity index (χ4v) is 2.21. The zero-order chi connectivity index (χ0) is 15.5. The summed E-state index contributed by atoms with van der Waals surface area (Å²) < 4.78 is 5.27. The molecule has 3 aromatic rings. The fraction of sp³-hybridized carbons (Fsp3) is 0.0625. The lowest BCUT2D eigenvalue weighted by Crippen LogP contribution is -2.05. The summed E-state index contributed by atoms with van der Waals surface area (Å²) in [5.74, 6) is -0.432. The minimum Gasteiger partial charge on any atom is -0.457 e. The summed E-state index contributed by atoms with van der Waals surface area (Å²) in [4.78, 5) is 20.3. The SMILES string of the molecule is O=C(OCc1ccccc1)c1ccc2nc(Cl)c(Cl)nc2c1. The molecule has 0 N–H and O–H groups in total. The van der Waals surface area contributed by atoms with E-state index in [9.17, 15) is 4.79 Å². The highest BCUT2D eigenvalue weighted by molar-refractivity contribution is 6.40. The highest BCUT2D eigenvalue weighted by atomic mass is 35.5. The monoisotopic (exact) mass is 332 g/mol. The van der Waals surface area contributed by atoms with Gasteiger partial charge in [-0.25, -0.2) is 14.8 Å². The lowest BCUT2D eigenvalue weighted by molar-refractivity contribution is 0.0473. The van der Waals surface area contributed by atoms with Crippen LogP contribution in [0, 0.1) is 0 Å². The van der Waals surface area contributed by atoms with E-state index in [1.54, 1.807) is 18.2 Å². The number of hydrogen-bond acceptors (Lipinski definition) is 4. The highest BCUT2D eigenvalue weighted by Crippen LogP contribution is 2.22. The number of rotatable bonds is 3. The Bertz CT molecular complexity index is 838. The van der Waals surface area contributed by atoms with Crippen molar-refractivity contribution in [2.45, 2.75) is 6.61 Å². The van der Waals surface area contributed by atoms with E-state index in [1.807, 2.05) is 30.3 Å². The second kappa shape index (κ2) is 6.30. The molecule has 0 radical (unpaired) electrons. The molecule has 6 heteroatoms. The molecule has 0 aliphatic heterocycles. The third kappa shape index (κ3) is 3.18. The summed E-state index contributed by atoms with van der Waals surface area (Å²) in [5.41, 5.74) is 2.36. The van der Waals surface area contributed by atoms with Crippen molar-refractivity contribution in [3.05, 3.63) is 70.0 Å². The van der Waals surface area contributed by atoms with Gasteiger partial charge in [0.05, 0.1) is 16.6 Å². The number of carbonyl (C=O) groups is 1. The maximum absolute atomic E-state index is 12.1. The number of ether oxygens (including phenoxy) is 1. The summed E-state index contributed by atoms with van der Waals surface area (Å²) in [7, 11) is 0. The molecule has 0 saturated heterocycles. The molecule has 1 heterocycles. The van der Waals surface area contributed by atoms with Crippen molar-refractivity contribution in [2.24, 2.45) is 0 Å². The molecule has 0 atom stereocenters. The molecular weight excluding hydrogens is 323 g/mol. The average molecular weight is 333 g/mol. The van der Waals surface area contributed by atoms with Crippen LogP contribution in [0.15, 0.2) is 48.5 Å². The van der Waals surface area contributed by atoms with Crippen molar-refractivity contribution in [1.29, 1.82) is 0 Å². The number of halogens is 2. The van der Waals surface area contributed by atoms with Crippen molar-refractivity contribution < 1.29 is 9.53 Å². The van der Waals surface area contributed by atoms with Gasteiger partial charge in [0.1, 0.15) is 6.61 Å². The number of hydrogen-bond donors (Lipinski definition) is 0. The van der Waals surface area contributed by atoms with Gasteiger partial charge < -0.3 is 4.74 Å². The van der Waals surface area contributed by atoms with E-state index in [2.05, 4.69) is 9.97 Å². The molecule has 3 rings (SSSR count). The Hall–Kier alpha value is -2.17. The minimum atomic E-state index is -0.432. The van der Waals surface area contributed by atoms with Gasteiger partial charge in [-0.2, -0.15) is 0 Å². The maximum atomic E-state index is 12.1. The zero-order valence-electron chi connectivity index (χ0n) is 11.3. The summed E-state index contributed by atoms with van der Waals surface area (Å²) in [6.45, 7) is 0.213. The van der Waals surface area contributed by atoms with Crippen LogP contribution < -0.4 is 0 Å². The number of carbonyl (C=O) groups excluding carboxylic acids is 1. The molecular formula is C16H10Cl2N2O2. The lowest BCUT2D eigenvalue weighted by Gasteiger charge is -2.06. The molecule has 4 nitrogen and oxygen atoms in total. The van der Waals surface area contributed by atoms with Crippen LogP contribution in [-0.4, -0.2) is 15.9 Å². The van der Waals surface area contributed by atoms with Gasteiger partial charge in [0.2, 0.25) is 0 Å². The van der Waals surface area contributed by atoms with Gasteiger partial charge in [-0.05, 0) is 23.8 Å². The molecule has 1 aromatic heterocycles. The first-order valence-electron chi connectivity index (χ1n) is 6.47. The van der Waals surface area contributed by atoms with Gasteiger partial charge in [0, 0.05) is 0 Å². The number of nitrogens with zero attached hydrogens (tertiary/aromatic N) is 2. The van der Waals surface area contributed by atoms with Crippen LogP contribution in [0.4, 0.5) is 0 Å². The number of fused-ring (bicyclic) bond motifs is 1. The molecule has 0 amide bonds. The third-order valence-corrected chi connectivity index (χ3v) is 3.66. The number of esters is 1. The lowest BCUT2D eigenvalue weighted by atomic mass is 10.2. The van der Waals surface area contributed by atoms with E-state index in [4.69, 9.17) is 27.9 Å². The van der Waals surface area contributed by atoms with Crippen LogP contribution in [0.5, 0.6) is 0 Å². The first-order chi connectivity index (χ1) is 10.6. The van der Waals surface area contributed by atoms with Crippen LogP contribution >= 0.6 is 23.2 Å². The van der Waals surface area contributed by atoms with Crippen molar-refractivity contribution in [3.63, 3.8) is 0 Å². The van der Waals surface area contributed by atoms with Crippen LogP contribution in [0.2, 0.25) is 10.3 Å². The Labute approximate surface area is 136 Å². The predicted octanol–water partition coefficient (Wildman–Crippen LogP) is 4.29. The van der Waals surface area contributed by atoms with Crippen molar-refractivity contribution in [2.75, 3.05) is 0 Å². The molecule has 110 valence electrons. The topological polar surface area (TPSA) is 52.1 Å². The molecule has 0 fully saturated rings. The largest absolute Gasteiger partial charge is 0.457 e. The summed E-state index contributed by atoms with van der Waals surface area (Å²) in [6, 6.07) is 14.3. The number of aromatic nitrogens is 2. The van der Waals surface area contributed by atoms with Crippen molar-refractivity contribution in [1.82, 2.24) is 9.97 Å². The van der Waals surface area contributed by atoms with Crippen LogP contribution in [0.3, 0.4) is 0 Å². The molecule has 0 aliphatic carbocycles. The smallest absolute Gasteiger partial charge is 0.338 e. The molecule has 22 heavy (non-hydrogen) atoms. The maximum Gasteiger partial charge on any atom is 0.338 e. The Morgan fingerprint density at radius 1 is 0.955 bits per heavy atom. The first kappa shape index (κ1) is 14.8. The van der Waals surface area contributed by atoms with Crippen molar-refractivity contribution >= 4 is 40.2 Å². The zero-order valence-corrected chi connectivity index (χ0v) is 12.8. The van der Waals surface area contributed by atoms with Gasteiger partial charge in [-0.1, -0.05) is 53.5 Å². The first-order valence-corrected chi connectivity index (χ1v) is 7.23. The normalized spacial score (nSPS) is 10.6. The number of benzene rings is 2. The van der Waals surface area contributed by atoms with E-state index >= 15 is 0 Å². The van der Waals surface area contributed by atoms with E-state index in [-0.39, 0.29) is 16.9 Å². The third-order valence-electron chi connectivity index (χ3n) is 3.03. The van der Waals surface area contributed by atoms with E-state index < -0.39 is 5.97 Å². The Morgan fingerprint density at radius 3 is 2.36 bits per heavy atom. The van der Waals surface area contributed by atoms with E-state index in [1.165, 1.54) is 0 Å². The highest BCUT2D eigenvalue weighted by Gasteiger charge is 2.11. The van der Waals surface area contributed by atoms with Crippen LogP contribution in [-0.2, 0) is 11.3 Å². The Kier molecular flexibility index (Phi) is 4.22. The minimum absolute atomic E-state index is 0.101. The predicted molar refractivity (Wildman–Crippen MR) is 85.1 cm³/mol. The summed E-state index contributed by atoms with van der Waals surface area (Å²) >= 11 is 11.6. The van der Waals surface area contributed by atoms with Gasteiger partial charge in [-0.15, -0.1) is 0 Å². The standard InChI is InChI=1S/C16H10Cl2N2O2/c17-14-15(18)20-13-8-11(6-7-12(13)19-14)16(21)22-9-10-4-2-1-3-5-10/h1-8H,9H2. The Morgan fingerprint density at radius 2 is 1.64 bits per heavy atom. The fourth-order valence-electron chi connectivity index (χ4n) is 1.94. The summed E-state index contributed by atoms with van der Waals surface area (Å²) in [5, 5.41) is 0.234. The van der Waals surface area contributed by atoms with Crippen molar-refractivity contribution in [3.8, 4) is 0 Å². The second-order valence-corrected chi connectivity index (χ2v) is 5.29. The molecule has 0 bridgehead atoms. The van der Waals surface area contributed by atoms with Crippen LogP contribution in [0.1, 0.15) is 15.9 Å².